The number of pyridine rings is 1. The molecule has 0 unspecified atom stereocenters. The lowest BCUT2D eigenvalue weighted by molar-refractivity contribution is -0.150. The number of rotatable bonds is 4. The van der Waals surface area contributed by atoms with Crippen LogP contribution >= 0.6 is 11.3 Å². The van der Waals surface area contributed by atoms with Crippen LogP contribution < -0.4 is 5.32 Å². The van der Waals surface area contributed by atoms with Crippen LogP contribution in [0.25, 0.3) is 0 Å². The molecule has 1 saturated heterocycles. The molecule has 2 aliphatic rings. The number of carbonyl (C=O) groups excluding carboxylic acids is 2. The van der Waals surface area contributed by atoms with Gasteiger partial charge in [-0.05, 0) is 47.0 Å². The quantitative estimate of drug-likeness (QED) is 0.682. The highest BCUT2D eigenvalue weighted by atomic mass is 32.1. The molecule has 0 aliphatic carbocycles. The third-order valence-corrected chi connectivity index (χ3v) is 6.81. The lowest BCUT2D eigenvalue weighted by Gasteiger charge is -2.39. The summed E-state index contributed by atoms with van der Waals surface area (Å²) in [5.74, 6) is -0.0851. The number of benzene rings is 1. The Hall–Kier alpha value is -3.03. The van der Waals surface area contributed by atoms with Gasteiger partial charge in [-0.15, -0.1) is 0 Å². The minimum atomic E-state index is -0.646. The number of nitrogens with one attached hydrogen (secondary N) is 1. The van der Waals surface area contributed by atoms with Gasteiger partial charge in [-0.25, -0.2) is 0 Å². The van der Waals surface area contributed by atoms with Crippen LogP contribution in [0.2, 0.25) is 0 Å². The third kappa shape index (κ3) is 3.75. The average Bonchev–Trinajstić information content (AvgIpc) is 3.46. The van der Waals surface area contributed by atoms with Crippen molar-refractivity contribution in [2.24, 2.45) is 0 Å². The lowest BCUT2D eigenvalue weighted by Crippen LogP contribution is -2.45. The van der Waals surface area contributed by atoms with Crippen molar-refractivity contribution in [2.45, 2.75) is 31.1 Å². The van der Waals surface area contributed by atoms with E-state index in [0.717, 1.165) is 22.3 Å². The van der Waals surface area contributed by atoms with Crippen LogP contribution in [0, 0.1) is 0 Å². The molecule has 1 atom stereocenters. The Kier molecular flexibility index (Phi) is 5.29. The molecule has 4 heterocycles. The van der Waals surface area contributed by atoms with Gasteiger partial charge in [-0.2, -0.15) is 11.3 Å². The molecule has 2 amide bonds. The summed E-state index contributed by atoms with van der Waals surface area (Å²) in [7, 11) is 0. The van der Waals surface area contributed by atoms with Gasteiger partial charge in [-0.1, -0.05) is 30.3 Å². The van der Waals surface area contributed by atoms with Crippen LogP contribution in [0.1, 0.15) is 46.0 Å². The highest BCUT2D eigenvalue weighted by Crippen LogP contribution is 2.49. The Labute approximate surface area is 184 Å². The molecule has 0 saturated carbocycles. The van der Waals surface area contributed by atoms with Crippen molar-refractivity contribution < 1.29 is 14.3 Å². The molecular formula is C24H23N3O3S. The Morgan fingerprint density at radius 3 is 2.74 bits per heavy atom. The van der Waals surface area contributed by atoms with Crippen molar-refractivity contribution >= 4 is 23.2 Å². The molecule has 0 bridgehead atoms. The van der Waals surface area contributed by atoms with E-state index < -0.39 is 11.7 Å². The number of hydrogen-bond acceptors (Lipinski definition) is 5. The Balaban J connectivity index is 1.31. The van der Waals surface area contributed by atoms with Gasteiger partial charge in [0.25, 0.3) is 11.8 Å². The van der Waals surface area contributed by atoms with Crippen molar-refractivity contribution in [2.75, 3.05) is 13.1 Å². The van der Waals surface area contributed by atoms with Crippen LogP contribution in [0.15, 0.2) is 65.6 Å². The standard InChI is InChI=1S/C24H23N3O3S/c28-22(26-15-17-4-3-10-25-14-17)21-19-5-1-2-6-20(19)24(30-21)8-11-27(12-9-24)23(29)18-7-13-31-16-18/h1-7,10,13-14,16,21H,8-9,11-12,15H2,(H,26,28)/t21-/m0/s1. The maximum atomic E-state index is 13.0. The molecule has 5 rings (SSSR count). The molecule has 3 aromatic rings. The first-order chi connectivity index (χ1) is 15.2. The fraction of sp³-hybridized carbons (Fsp3) is 0.292. The molecular weight excluding hydrogens is 410 g/mol. The van der Waals surface area contributed by atoms with E-state index in [0.29, 0.717) is 32.5 Å². The molecule has 2 aliphatic heterocycles. The number of piperidine rings is 1. The van der Waals surface area contributed by atoms with Gasteiger partial charge < -0.3 is 15.0 Å². The van der Waals surface area contributed by atoms with E-state index in [9.17, 15) is 9.59 Å². The second-order valence-corrected chi connectivity index (χ2v) is 8.74. The lowest BCUT2D eigenvalue weighted by atomic mass is 9.83. The van der Waals surface area contributed by atoms with Gasteiger partial charge in [0.2, 0.25) is 0 Å². The van der Waals surface area contributed by atoms with Gasteiger partial charge in [0, 0.05) is 37.4 Å². The second kappa shape index (κ2) is 8.24. The highest BCUT2D eigenvalue weighted by Gasteiger charge is 2.49. The summed E-state index contributed by atoms with van der Waals surface area (Å²) in [5.41, 5.74) is 3.14. The van der Waals surface area contributed by atoms with E-state index in [2.05, 4.69) is 16.4 Å². The smallest absolute Gasteiger partial charge is 0.254 e. The van der Waals surface area contributed by atoms with E-state index in [1.165, 1.54) is 11.3 Å². The largest absolute Gasteiger partial charge is 0.352 e. The number of ether oxygens (including phenoxy) is 1. The van der Waals surface area contributed by atoms with Crippen LogP contribution in [0.5, 0.6) is 0 Å². The van der Waals surface area contributed by atoms with Crippen LogP contribution in [0.3, 0.4) is 0 Å². The molecule has 1 spiro atoms. The van der Waals surface area contributed by atoms with E-state index in [-0.39, 0.29) is 11.8 Å². The zero-order valence-electron chi connectivity index (χ0n) is 17.0. The number of hydrogen-bond donors (Lipinski definition) is 1. The molecule has 158 valence electrons. The molecule has 1 aromatic carbocycles. The maximum Gasteiger partial charge on any atom is 0.254 e. The molecule has 6 nitrogen and oxygen atoms in total. The maximum absolute atomic E-state index is 13.0. The summed E-state index contributed by atoms with van der Waals surface area (Å²) in [6.45, 7) is 1.62. The molecule has 1 N–H and O–H groups in total. The molecule has 2 aromatic heterocycles. The van der Waals surface area contributed by atoms with Gasteiger partial charge in [0.15, 0.2) is 6.10 Å². The first-order valence-electron chi connectivity index (χ1n) is 10.4. The topological polar surface area (TPSA) is 71.5 Å². The fourth-order valence-electron chi connectivity index (χ4n) is 4.50. The predicted molar refractivity (Wildman–Crippen MR) is 117 cm³/mol. The normalized spacial score (nSPS) is 19.2. The van der Waals surface area contributed by atoms with Crippen molar-refractivity contribution in [3.8, 4) is 0 Å². The number of aromatic nitrogens is 1. The van der Waals surface area contributed by atoms with Crippen molar-refractivity contribution in [3.05, 3.63) is 87.9 Å². The number of amides is 2. The number of nitrogens with zero attached hydrogens (tertiary/aromatic N) is 2. The van der Waals surface area contributed by atoms with E-state index in [1.807, 2.05) is 52.1 Å². The summed E-state index contributed by atoms with van der Waals surface area (Å²) < 4.78 is 6.47. The molecule has 1 fully saturated rings. The van der Waals surface area contributed by atoms with Crippen LogP contribution in [-0.2, 0) is 21.7 Å². The highest BCUT2D eigenvalue weighted by molar-refractivity contribution is 7.08. The number of fused-ring (bicyclic) bond motifs is 2. The van der Waals surface area contributed by atoms with Gasteiger partial charge in [-0.3, -0.25) is 14.6 Å². The zero-order valence-corrected chi connectivity index (χ0v) is 17.8. The van der Waals surface area contributed by atoms with E-state index in [1.54, 1.807) is 12.4 Å². The molecule has 31 heavy (non-hydrogen) atoms. The number of carbonyl (C=O) groups is 2. The Morgan fingerprint density at radius 1 is 1.16 bits per heavy atom. The minimum absolute atomic E-state index is 0.0631. The van der Waals surface area contributed by atoms with Crippen molar-refractivity contribution in [1.29, 1.82) is 0 Å². The summed E-state index contributed by atoms with van der Waals surface area (Å²) in [6, 6.07) is 13.6. The minimum Gasteiger partial charge on any atom is -0.352 e. The summed E-state index contributed by atoms with van der Waals surface area (Å²) in [6.07, 6.45) is 4.15. The Morgan fingerprint density at radius 2 is 2.00 bits per heavy atom. The van der Waals surface area contributed by atoms with Crippen molar-refractivity contribution in [3.63, 3.8) is 0 Å². The number of thiophene rings is 1. The average molecular weight is 434 g/mol. The first kappa shape index (κ1) is 19.9. The van der Waals surface area contributed by atoms with E-state index in [4.69, 9.17) is 4.74 Å². The van der Waals surface area contributed by atoms with Gasteiger partial charge in [0.1, 0.15) is 0 Å². The number of likely N-dealkylation sites (tertiary alicyclic amines) is 1. The SMILES string of the molecule is O=C(NCc1cccnc1)[C@H]1OC2(CCN(C(=O)c3ccsc3)CC2)c2ccccc21. The predicted octanol–water partition coefficient (Wildman–Crippen LogP) is 3.66. The first-order valence-corrected chi connectivity index (χ1v) is 11.4. The molecule has 0 radical (unpaired) electrons. The molecule has 7 heteroatoms. The summed E-state index contributed by atoms with van der Waals surface area (Å²) in [5, 5.41) is 6.79. The summed E-state index contributed by atoms with van der Waals surface area (Å²) >= 11 is 1.53. The van der Waals surface area contributed by atoms with Gasteiger partial charge >= 0.3 is 0 Å². The monoisotopic (exact) mass is 433 g/mol. The van der Waals surface area contributed by atoms with Crippen LogP contribution in [-0.4, -0.2) is 34.8 Å². The third-order valence-electron chi connectivity index (χ3n) is 6.13. The van der Waals surface area contributed by atoms with Gasteiger partial charge in [0.05, 0.1) is 11.2 Å². The second-order valence-electron chi connectivity index (χ2n) is 7.96. The van der Waals surface area contributed by atoms with Crippen molar-refractivity contribution in [1.82, 2.24) is 15.2 Å². The van der Waals surface area contributed by atoms with E-state index >= 15 is 0 Å². The van der Waals surface area contributed by atoms with Crippen LogP contribution in [0.4, 0.5) is 0 Å². The Bertz CT molecular complexity index is 1080. The fourth-order valence-corrected chi connectivity index (χ4v) is 5.13. The zero-order chi connectivity index (χ0) is 21.3. The summed E-state index contributed by atoms with van der Waals surface area (Å²) in [4.78, 5) is 31.7.